The van der Waals surface area contributed by atoms with Gasteiger partial charge in [-0.1, -0.05) is 0 Å². The summed E-state index contributed by atoms with van der Waals surface area (Å²) < 4.78 is 38.3. The molecule has 1 fully saturated rings. The highest BCUT2D eigenvalue weighted by atomic mass is 35.5. The summed E-state index contributed by atoms with van der Waals surface area (Å²) in [6, 6.07) is 6.23. The van der Waals surface area contributed by atoms with Crippen molar-refractivity contribution >= 4 is 50.6 Å². The van der Waals surface area contributed by atoms with E-state index >= 15 is 0 Å². The lowest BCUT2D eigenvalue weighted by atomic mass is 10.0. The van der Waals surface area contributed by atoms with Crippen LogP contribution in [0.1, 0.15) is 58.9 Å². The highest BCUT2D eigenvalue weighted by Crippen LogP contribution is 2.38. The molecule has 12 heteroatoms. The van der Waals surface area contributed by atoms with E-state index in [-0.39, 0.29) is 42.6 Å². The molecule has 9 nitrogen and oxygen atoms in total. The third kappa shape index (κ3) is 6.18. The van der Waals surface area contributed by atoms with Crippen molar-refractivity contribution in [3.63, 3.8) is 0 Å². The number of nitrogens with one attached hydrogen (secondary N) is 1. The molecule has 1 N–H and O–H groups in total. The third-order valence-corrected chi connectivity index (χ3v) is 9.55. The van der Waals surface area contributed by atoms with E-state index in [1.807, 2.05) is 13.8 Å². The number of methoxy groups -OCH3 is 1. The van der Waals surface area contributed by atoms with Crippen molar-refractivity contribution in [2.45, 2.75) is 63.8 Å². The number of amides is 1. The Bertz CT molecular complexity index is 1240. The Morgan fingerprint density at radius 3 is 2.32 bits per heavy atom. The van der Waals surface area contributed by atoms with Crippen molar-refractivity contribution in [1.82, 2.24) is 9.21 Å². The van der Waals surface area contributed by atoms with Crippen molar-refractivity contribution < 1.29 is 27.5 Å². The molecule has 204 valence electrons. The summed E-state index contributed by atoms with van der Waals surface area (Å²) in [6.45, 7) is 10.1. The zero-order chi connectivity index (χ0) is 26.2. The van der Waals surface area contributed by atoms with E-state index in [1.165, 1.54) is 47.0 Å². The molecule has 2 aliphatic rings. The topological polar surface area (TPSA) is 105 Å². The maximum Gasteiger partial charge on any atom is 0.341 e. The highest BCUT2D eigenvalue weighted by molar-refractivity contribution is 7.89. The third-order valence-electron chi connectivity index (χ3n) is 6.57. The molecule has 0 saturated carbocycles. The lowest BCUT2D eigenvalue weighted by molar-refractivity contribution is -0.0440. The van der Waals surface area contributed by atoms with Gasteiger partial charge in [-0.05, 0) is 63.9 Å². The predicted molar refractivity (Wildman–Crippen MR) is 145 cm³/mol. The van der Waals surface area contributed by atoms with Crippen LogP contribution >= 0.6 is 23.7 Å². The number of carbonyl (C=O) groups excluding carboxylic acids is 2. The van der Waals surface area contributed by atoms with Gasteiger partial charge in [0.2, 0.25) is 10.0 Å². The number of anilines is 1. The van der Waals surface area contributed by atoms with Gasteiger partial charge in [0.1, 0.15) is 5.00 Å². The predicted octanol–water partition coefficient (Wildman–Crippen LogP) is 3.77. The molecule has 2 aromatic rings. The van der Waals surface area contributed by atoms with Crippen LogP contribution < -0.4 is 5.32 Å². The Kier molecular flexibility index (Phi) is 9.41. The summed E-state index contributed by atoms with van der Waals surface area (Å²) in [5.41, 5.74) is 1.63. The van der Waals surface area contributed by atoms with Crippen molar-refractivity contribution in [3.05, 3.63) is 45.8 Å². The molecule has 37 heavy (non-hydrogen) atoms. The van der Waals surface area contributed by atoms with Gasteiger partial charge in [-0.15, -0.1) is 23.7 Å². The average molecular weight is 572 g/mol. The van der Waals surface area contributed by atoms with E-state index in [0.29, 0.717) is 35.1 Å². The number of carbonyl (C=O) groups is 2. The van der Waals surface area contributed by atoms with Gasteiger partial charge in [0.05, 0.1) is 29.8 Å². The molecular formula is C25H34ClN3O6S2. The van der Waals surface area contributed by atoms with E-state index < -0.39 is 21.9 Å². The van der Waals surface area contributed by atoms with Gasteiger partial charge in [0.25, 0.3) is 5.91 Å². The Morgan fingerprint density at radius 1 is 1.14 bits per heavy atom. The van der Waals surface area contributed by atoms with Crippen LogP contribution in [-0.2, 0) is 32.5 Å². The largest absolute Gasteiger partial charge is 0.465 e. The van der Waals surface area contributed by atoms with E-state index in [1.54, 1.807) is 0 Å². The minimum absolute atomic E-state index is 0. The van der Waals surface area contributed by atoms with Crippen molar-refractivity contribution in [1.29, 1.82) is 0 Å². The van der Waals surface area contributed by atoms with E-state index in [9.17, 15) is 18.0 Å². The van der Waals surface area contributed by atoms with Crippen LogP contribution in [0.4, 0.5) is 5.00 Å². The number of hydrogen-bond acceptors (Lipinski definition) is 8. The lowest BCUT2D eigenvalue weighted by Gasteiger charge is -2.34. The SMILES string of the molecule is COC(=O)c1c(NC(=O)c2ccc(S(=O)(=O)N3CC(C)OC(C)C3)cc2)sc2c1CCN(C(C)C)C2.Cl. The summed E-state index contributed by atoms with van der Waals surface area (Å²) in [6.07, 6.45) is 0.318. The summed E-state index contributed by atoms with van der Waals surface area (Å²) >= 11 is 1.39. The van der Waals surface area contributed by atoms with Gasteiger partial charge in [-0.3, -0.25) is 9.69 Å². The van der Waals surface area contributed by atoms with Crippen LogP contribution in [0.2, 0.25) is 0 Å². The minimum atomic E-state index is -3.71. The number of morpholine rings is 1. The number of esters is 1. The molecule has 1 aromatic heterocycles. The van der Waals surface area contributed by atoms with Crippen LogP contribution in [0.5, 0.6) is 0 Å². The van der Waals surface area contributed by atoms with Gasteiger partial charge < -0.3 is 14.8 Å². The Labute approximate surface area is 228 Å². The first-order valence-electron chi connectivity index (χ1n) is 12.0. The average Bonchev–Trinajstić information content (AvgIpc) is 3.19. The van der Waals surface area contributed by atoms with Crippen molar-refractivity contribution in [2.24, 2.45) is 0 Å². The highest BCUT2D eigenvalue weighted by Gasteiger charge is 2.33. The second-order valence-electron chi connectivity index (χ2n) is 9.57. The number of benzene rings is 1. The number of halogens is 1. The molecule has 1 aromatic carbocycles. The number of hydrogen-bond donors (Lipinski definition) is 1. The quantitative estimate of drug-likeness (QED) is 0.526. The maximum absolute atomic E-state index is 13.1. The standard InChI is InChI=1S/C25H33N3O6S2.ClH/c1-15(2)27-11-10-20-21(14-27)35-24(22(20)25(30)33-5)26-23(29)18-6-8-19(9-7-18)36(31,32)28-12-16(3)34-17(4)13-28;/h6-9,15-17H,10-14H2,1-5H3,(H,26,29);1H. The minimum Gasteiger partial charge on any atom is -0.465 e. The molecule has 0 bridgehead atoms. The Morgan fingerprint density at radius 2 is 1.76 bits per heavy atom. The van der Waals surface area contributed by atoms with Crippen LogP contribution in [0.15, 0.2) is 29.2 Å². The molecule has 0 aliphatic carbocycles. The van der Waals surface area contributed by atoms with E-state index in [0.717, 1.165) is 17.0 Å². The second kappa shape index (κ2) is 11.8. The molecular weight excluding hydrogens is 538 g/mol. The Balaban J connectivity index is 0.00000380. The number of sulfonamides is 1. The van der Waals surface area contributed by atoms with Crippen molar-refractivity contribution in [2.75, 3.05) is 32.1 Å². The van der Waals surface area contributed by atoms with Gasteiger partial charge in [-0.2, -0.15) is 4.31 Å². The molecule has 0 spiro atoms. The first-order chi connectivity index (χ1) is 17.0. The first kappa shape index (κ1) is 29.5. The van der Waals surface area contributed by atoms with Gasteiger partial charge in [0, 0.05) is 42.7 Å². The van der Waals surface area contributed by atoms with E-state index in [2.05, 4.69) is 24.1 Å². The summed E-state index contributed by atoms with van der Waals surface area (Å²) in [5, 5.41) is 3.31. The van der Waals surface area contributed by atoms with Gasteiger partial charge in [-0.25, -0.2) is 13.2 Å². The zero-order valence-electron chi connectivity index (χ0n) is 21.6. The number of nitrogens with zero attached hydrogens (tertiary/aromatic N) is 2. The summed E-state index contributed by atoms with van der Waals surface area (Å²) in [4.78, 5) is 29.1. The first-order valence-corrected chi connectivity index (χ1v) is 14.3. The monoisotopic (exact) mass is 571 g/mol. The molecule has 4 rings (SSSR count). The van der Waals surface area contributed by atoms with E-state index in [4.69, 9.17) is 9.47 Å². The molecule has 1 saturated heterocycles. The molecule has 2 atom stereocenters. The smallest absolute Gasteiger partial charge is 0.341 e. The number of thiophene rings is 1. The molecule has 0 radical (unpaired) electrons. The zero-order valence-corrected chi connectivity index (χ0v) is 24.1. The number of ether oxygens (including phenoxy) is 2. The fourth-order valence-electron chi connectivity index (χ4n) is 4.70. The molecule has 1 amide bonds. The van der Waals surface area contributed by atoms with Crippen LogP contribution in [0.3, 0.4) is 0 Å². The van der Waals surface area contributed by atoms with Crippen LogP contribution in [0, 0.1) is 0 Å². The lowest BCUT2D eigenvalue weighted by Crippen LogP contribution is -2.48. The maximum atomic E-state index is 13.1. The van der Waals surface area contributed by atoms with Gasteiger partial charge in [0.15, 0.2) is 0 Å². The Hall–Kier alpha value is -2.02. The van der Waals surface area contributed by atoms with Crippen LogP contribution in [0.25, 0.3) is 0 Å². The fourth-order valence-corrected chi connectivity index (χ4v) is 7.55. The number of rotatable bonds is 6. The summed E-state index contributed by atoms with van der Waals surface area (Å²) in [5.74, 6) is -0.895. The number of fused-ring (bicyclic) bond motifs is 1. The molecule has 3 heterocycles. The summed E-state index contributed by atoms with van der Waals surface area (Å²) in [7, 11) is -2.38. The van der Waals surface area contributed by atoms with Crippen LogP contribution in [-0.4, -0.2) is 74.5 Å². The second-order valence-corrected chi connectivity index (χ2v) is 12.6. The fraction of sp³-hybridized carbons (Fsp3) is 0.520. The van der Waals surface area contributed by atoms with Gasteiger partial charge >= 0.3 is 5.97 Å². The van der Waals surface area contributed by atoms with Crippen molar-refractivity contribution in [3.8, 4) is 0 Å². The molecule has 2 aliphatic heterocycles. The molecule has 2 unspecified atom stereocenters. The normalized spacial score (nSPS) is 20.7.